The Labute approximate surface area is 103 Å². The van der Waals surface area contributed by atoms with Crippen molar-refractivity contribution in [2.24, 2.45) is 5.14 Å². The highest BCUT2D eigenvalue weighted by Crippen LogP contribution is 2.11. The Hall–Kier alpha value is -1.71. The van der Waals surface area contributed by atoms with Crippen LogP contribution < -0.4 is 10.5 Å². The molecule has 0 radical (unpaired) electrons. The molecule has 0 aromatic carbocycles. The van der Waals surface area contributed by atoms with Crippen molar-refractivity contribution in [2.75, 3.05) is 6.54 Å². The second-order valence-electron chi connectivity index (χ2n) is 3.53. The van der Waals surface area contributed by atoms with E-state index in [1.54, 1.807) is 6.07 Å². The third-order valence-electron chi connectivity index (χ3n) is 2.14. The molecular weight excluding hydrogens is 260 g/mol. The number of rotatable bonds is 6. The van der Waals surface area contributed by atoms with Crippen LogP contribution in [-0.4, -0.2) is 25.1 Å². The Balaban J connectivity index is 1.79. The minimum Gasteiger partial charge on any atom is -0.447 e. The fraction of sp³-hybridized carbons (Fsp3) is 0.333. The van der Waals surface area contributed by atoms with E-state index >= 15 is 0 Å². The van der Waals surface area contributed by atoms with Gasteiger partial charge in [-0.05, 0) is 12.1 Å². The zero-order chi connectivity index (χ0) is 13.0. The molecule has 0 bridgehead atoms. The zero-order valence-electron chi connectivity index (χ0n) is 9.37. The van der Waals surface area contributed by atoms with Gasteiger partial charge >= 0.3 is 0 Å². The third kappa shape index (κ3) is 3.39. The van der Waals surface area contributed by atoms with E-state index in [1.165, 1.54) is 12.4 Å². The molecule has 3 N–H and O–H groups in total. The van der Waals surface area contributed by atoms with Crippen LogP contribution in [0, 0.1) is 0 Å². The summed E-state index contributed by atoms with van der Waals surface area (Å²) in [5.74, 6) is 1.02. The van der Waals surface area contributed by atoms with E-state index in [-0.39, 0.29) is 5.09 Å². The second-order valence-corrected chi connectivity index (χ2v) is 5.02. The molecule has 0 saturated carbocycles. The predicted molar refractivity (Wildman–Crippen MR) is 59.8 cm³/mol. The molecule has 0 spiro atoms. The quantitative estimate of drug-likeness (QED) is 0.688. The zero-order valence-corrected chi connectivity index (χ0v) is 10.2. The van der Waals surface area contributed by atoms with Crippen molar-refractivity contribution < 1.29 is 17.4 Å². The summed E-state index contributed by atoms with van der Waals surface area (Å²) in [5.41, 5.74) is 0. The van der Waals surface area contributed by atoms with Crippen molar-refractivity contribution in [3.05, 3.63) is 30.1 Å². The predicted octanol–water partition coefficient (Wildman–Crippen LogP) is -0.358. The largest absolute Gasteiger partial charge is 0.447 e. The van der Waals surface area contributed by atoms with Gasteiger partial charge in [-0.1, -0.05) is 5.16 Å². The van der Waals surface area contributed by atoms with Crippen molar-refractivity contribution in [2.45, 2.75) is 18.1 Å². The molecule has 0 atom stereocenters. The molecule has 2 aromatic rings. The van der Waals surface area contributed by atoms with Crippen molar-refractivity contribution in [3.63, 3.8) is 0 Å². The number of sulfonamides is 1. The fourth-order valence-electron chi connectivity index (χ4n) is 1.32. The van der Waals surface area contributed by atoms with Gasteiger partial charge in [0.05, 0.1) is 6.54 Å². The van der Waals surface area contributed by atoms with Crippen molar-refractivity contribution in [1.82, 2.24) is 15.5 Å². The third-order valence-corrected chi connectivity index (χ3v) is 2.92. The number of furan rings is 1. The summed E-state index contributed by atoms with van der Waals surface area (Å²) >= 11 is 0. The number of hydrogen-bond donors (Lipinski definition) is 2. The first-order valence-electron chi connectivity index (χ1n) is 5.13. The summed E-state index contributed by atoms with van der Waals surface area (Å²) in [6, 6.07) is 2.88. The van der Waals surface area contributed by atoms with Crippen LogP contribution in [0.25, 0.3) is 0 Å². The lowest BCUT2D eigenvalue weighted by Gasteiger charge is -1.99. The molecule has 8 nitrogen and oxygen atoms in total. The van der Waals surface area contributed by atoms with Crippen LogP contribution in [0.2, 0.25) is 0 Å². The first-order chi connectivity index (χ1) is 8.55. The van der Waals surface area contributed by atoms with Gasteiger partial charge in [0, 0.05) is 13.0 Å². The highest BCUT2D eigenvalue weighted by atomic mass is 32.2. The summed E-state index contributed by atoms with van der Waals surface area (Å²) in [6.45, 7) is 0.997. The van der Waals surface area contributed by atoms with E-state index in [2.05, 4.69) is 15.5 Å². The van der Waals surface area contributed by atoms with Crippen LogP contribution in [0.5, 0.6) is 0 Å². The minimum absolute atomic E-state index is 0.240. The number of aromatic nitrogens is 2. The molecular formula is C9H12N4O4S. The Kier molecular flexibility index (Phi) is 3.75. The van der Waals surface area contributed by atoms with Gasteiger partial charge in [0.2, 0.25) is 11.0 Å². The second kappa shape index (κ2) is 5.29. The molecule has 9 heteroatoms. The van der Waals surface area contributed by atoms with E-state index in [0.29, 0.717) is 31.2 Å². The van der Waals surface area contributed by atoms with Gasteiger partial charge in [0.15, 0.2) is 6.33 Å². The normalized spacial score (nSPS) is 11.8. The van der Waals surface area contributed by atoms with E-state index in [1.807, 2.05) is 0 Å². The monoisotopic (exact) mass is 272 g/mol. The smallest absolute Gasteiger partial charge is 0.271 e. The summed E-state index contributed by atoms with van der Waals surface area (Å²) < 4.78 is 31.8. The summed E-state index contributed by atoms with van der Waals surface area (Å²) in [6.07, 6.45) is 1.92. The Morgan fingerprint density at radius 3 is 2.83 bits per heavy atom. The molecule has 2 aromatic heterocycles. The first-order valence-corrected chi connectivity index (χ1v) is 6.68. The lowest BCUT2D eigenvalue weighted by Crippen LogP contribution is -2.16. The summed E-state index contributed by atoms with van der Waals surface area (Å²) in [5, 5.41) is 11.2. The highest BCUT2D eigenvalue weighted by Gasteiger charge is 2.12. The maximum absolute atomic E-state index is 11.0. The van der Waals surface area contributed by atoms with Crippen LogP contribution in [0.3, 0.4) is 0 Å². The Morgan fingerprint density at radius 2 is 2.22 bits per heavy atom. The number of nitrogens with one attached hydrogen (secondary N) is 1. The number of nitrogens with zero attached hydrogens (tertiary/aromatic N) is 2. The highest BCUT2D eigenvalue weighted by molar-refractivity contribution is 7.89. The average molecular weight is 272 g/mol. The average Bonchev–Trinajstić information content (AvgIpc) is 2.95. The van der Waals surface area contributed by atoms with Crippen LogP contribution in [0.1, 0.15) is 11.7 Å². The number of nitrogens with two attached hydrogens (primary N) is 1. The van der Waals surface area contributed by atoms with Gasteiger partial charge in [-0.25, -0.2) is 13.6 Å². The number of primary sulfonamides is 1. The standard InChI is InChI=1S/C9H12N4O4S/c10-18(14,15)9-2-1-7(16-9)5-11-4-3-8-12-6-13-17-8/h1-2,6,11H,3-5H2,(H2,10,14,15). The lowest BCUT2D eigenvalue weighted by atomic mass is 10.4. The Bertz CT molecular complexity index is 590. The van der Waals surface area contributed by atoms with E-state index < -0.39 is 10.0 Å². The summed E-state index contributed by atoms with van der Waals surface area (Å²) in [7, 11) is -3.78. The molecule has 0 fully saturated rings. The van der Waals surface area contributed by atoms with E-state index in [4.69, 9.17) is 14.1 Å². The Morgan fingerprint density at radius 1 is 1.39 bits per heavy atom. The maximum Gasteiger partial charge on any atom is 0.271 e. The lowest BCUT2D eigenvalue weighted by molar-refractivity contribution is 0.370. The number of hydrogen-bond acceptors (Lipinski definition) is 7. The van der Waals surface area contributed by atoms with Crippen LogP contribution in [0.15, 0.2) is 32.5 Å². The minimum atomic E-state index is -3.78. The first kappa shape index (κ1) is 12.7. The van der Waals surface area contributed by atoms with Gasteiger partial charge in [-0.2, -0.15) is 4.98 Å². The van der Waals surface area contributed by atoms with E-state index in [0.717, 1.165) is 0 Å². The van der Waals surface area contributed by atoms with Crippen molar-refractivity contribution in [1.29, 1.82) is 0 Å². The van der Waals surface area contributed by atoms with E-state index in [9.17, 15) is 8.42 Å². The molecule has 18 heavy (non-hydrogen) atoms. The van der Waals surface area contributed by atoms with Crippen molar-refractivity contribution in [3.8, 4) is 0 Å². The van der Waals surface area contributed by atoms with Crippen LogP contribution in [-0.2, 0) is 23.0 Å². The summed E-state index contributed by atoms with van der Waals surface area (Å²) in [4.78, 5) is 3.86. The van der Waals surface area contributed by atoms with Crippen LogP contribution >= 0.6 is 0 Å². The molecule has 0 aliphatic heterocycles. The van der Waals surface area contributed by atoms with Gasteiger partial charge in [-0.3, -0.25) is 0 Å². The van der Waals surface area contributed by atoms with Gasteiger partial charge in [0.25, 0.3) is 10.0 Å². The molecule has 0 saturated heterocycles. The molecule has 0 aliphatic carbocycles. The molecule has 2 heterocycles. The van der Waals surface area contributed by atoms with Gasteiger partial charge < -0.3 is 14.3 Å². The van der Waals surface area contributed by atoms with Crippen LogP contribution in [0.4, 0.5) is 0 Å². The molecule has 0 amide bonds. The maximum atomic E-state index is 11.0. The molecule has 0 unspecified atom stereocenters. The van der Waals surface area contributed by atoms with Crippen molar-refractivity contribution >= 4 is 10.0 Å². The topological polar surface area (TPSA) is 124 Å². The fourth-order valence-corrected chi connectivity index (χ4v) is 1.80. The molecule has 98 valence electrons. The van der Waals surface area contributed by atoms with Gasteiger partial charge in [-0.15, -0.1) is 0 Å². The SMILES string of the molecule is NS(=O)(=O)c1ccc(CNCCc2ncno2)o1. The molecule has 2 rings (SSSR count). The van der Waals surface area contributed by atoms with Gasteiger partial charge in [0.1, 0.15) is 5.76 Å². The molecule has 0 aliphatic rings.